The van der Waals surface area contributed by atoms with Gasteiger partial charge in [-0.2, -0.15) is 0 Å². The molecule has 1 heterocycles. The van der Waals surface area contributed by atoms with Crippen LogP contribution < -0.4 is 14.4 Å². The maximum atomic E-state index is 14.2. The number of ether oxygens (including phenoxy) is 1. The van der Waals surface area contributed by atoms with Crippen LogP contribution in [0.3, 0.4) is 0 Å². The molecule has 8 heteroatoms. The lowest BCUT2D eigenvalue weighted by Crippen LogP contribution is -2.29. The summed E-state index contributed by atoms with van der Waals surface area (Å²) >= 11 is 0. The van der Waals surface area contributed by atoms with Gasteiger partial charge in [-0.25, -0.2) is 17.5 Å². The largest absolute Gasteiger partial charge is 0.497 e. The first kappa shape index (κ1) is 17.4. The summed E-state index contributed by atoms with van der Waals surface area (Å²) in [7, 11) is -0.793. The molecule has 0 fully saturated rings. The number of fused-ring (bicyclic) bond motifs is 1. The van der Waals surface area contributed by atoms with E-state index in [9.17, 15) is 17.6 Å². The minimum atomic E-state index is -3.55. The number of benzene rings is 2. The van der Waals surface area contributed by atoms with E-state index in [0.717, 1.165) is 11.6 Å². The number of carbonyl (C=O) groups is 1. The number of amides is 1. The molecule has 1 aliphatic rings. The molecule has 1 aliphatic heterocycles. The number of carbonyl (C=O) groups excluding carboxylic acids is 1. The zero-order valence-corrected chi connectivity index (χ0v) is 14.6. The minimum Gasteiger partial charge on any atom is -0.497 e. The SMILES string of the molecule is CNS(=O)(=O)c1ccc2c(c1)CCN2C(=O)c1ccc(OC)cc1F. The second-order valence-electron chi connectivity index (χ2n) is 5.55. The van der Waals surface area contributed by atoms with Crippen LogP contribution in [0.2, 0.25) is 0 Å². The van der Waals surface area contributed by atoms with Crippen molar-refractivity contribution in [1.82, 2.24) is 4.72 Å². The molecule has 2 aromatic carbocycles. The Labute approximate surface area is 145 Å². The van der Waals surface area contributed by atoms with E-state index in [1.54, 1.807) is 12.1 Å². The van der Waals surface area contributed by atoms with Crippen LogP contribution >= 0.6 is 0 Å². The molecule has 0 saturated carbocycles. The topological polar surface area (TPSA) is 75.7 Å². The summed E-state index contributed by atoms with van der Waals surface area (Å²) in [5.41, 5.74) is 1.27. The van der Waals surface area contributed by atoms with Crippen molar-refractivity contribution >= 4 is 21.6 Å². The fourth-order valence-corrected chi connectivity index (χ4v) is 3.60. The lowest BCUT2D eigenvalue weighted by Gasteiger charge is -2.18. The van der Waals surface area contributed by atoms with Gasteiger partial charge in [-0.3, -0.25) is 4.79 Å². The van der Waals surface area contributed by atoms with Gasteiger partial charge in [0.05, 0.1) is 17.6 Å². The third-order valence-corrected chi connectivity index (χ3v) is 5.59. The van der Waals surface area contributed by atoms with E-state index in [2.05, 4.69) is 4.72 Å². The van der Waals surface area contributed by atoms with Crippen molar-refractivity contribution in [2.75, 3.05) is 25.6 Å². The highest BCUT2D eigenvalue weighted by atomic mass is 32.2. The molecule has 0 bridgehead atoms. The number of hydrogen-bond acceptors (Lipinski definition) is 4. The molecule has 0 saturated heterocycles. The highest BCUT2D eigenvalue weighted by Crippen LogP contribution is 2.32. The van der Waals surface area contributed by atoms with Crippen molar-refractivity contribution in [3.05, 3.63) is 53.3 Å². The van der Waals surface area contributed by atoms with E-state index < -0.39 is 21.7 Å². The number of halogens is 1. The smallest absolute Gasteiger partial charge is 0.261 e. The summed E-state index contributed by atoms with van der Waals surface area (Å²) in [6, 6.07) is 8.61. The number of hydrogen-bond donors (Lipinski definition) is 1. The summed E-state index contributed by atoms with van der Waals surface area (Å²) in [4.78, 5) is 14.3. The predicted octanol–water partition coefficient (Wildman–Crippen LogP) is 1.95. The monoisotopic (exact) mass is 364 g/mol. The Morgan fingerprint density at radius 3 is 2.64 bits per heavy atom. The average molecular weight is 364 g/mol. The highest BCUT2D eigenvalue weighted by molar-refractivity contribution is 7.89. The van der Waals surface area contributed by atoms with Crippen molar-refractivity contribution in [1.29, 1.82) is 0 Å². The maximum Gasteiger partial charge on any atom is 0.261 e. The van der Waals surface area contributed by atoms with E-state index in [4.69, 9.17) is 4.74 Å². The van der Waals surface area contributed by atoms with Crippen LogP contribution in [0.4, 0.5) is 10.1 Å². The number of nitrogens with zero attached hydrogens (tertiary/aromatic N) is 1. The van der Waals surface area contributed by atoms with Crippen LogP contribution in [0.1, 0.15) is 15.9 Å². The zero-order valence-electron chi connectivity index (χ0n) is 13.7. The summed E-state index contributed by atoms with van der Waals surface area (Å²) in [5.74, 6) is -0.798. The zero-order chi connectivity index (χ0) is 18.2. The molecule has 0 aliphatic carbocycles. The van der Waals surface area contributed by atoms with Crippen molar-refractivity contribution in [2.45, 2.75) is 11.3 Å². The van der Waals surface area contributed by atoms with E-state index >= 15 is 0 Å². The number of sulfonamides is 1. The maximum absolute atomic E-state index is 14.2. The predicted molar refractivity (Wildman–Crippen MR) is 91.0 cm³/mol. The van der Waals surface area contributed by atoms with Gasteiger partial charge in [0.25, 0.3) is 5.91 Å². The molecule has 1 amide bonds. The number of nitrogens with one attached hydrogen (secondary N) is 1. The van der Waals surface area contributed by atoms with Gasteiger partial charge >= 0.3 is 0 Å². The second kappa shape index (κ2) is 6.45. The first-order valence-corrected chi connectivity index (χ1v) is 9.07. The molecular weight excluding hydrogens is 347 g/mol. The van der Waals surface area contributed by atoms with Gasteiger partial charge in [-0.05, 0) is 49.4 Å². The summed E-state index contributed by atoms with van der Waals surface area (Å²) in [5, 5.41) is 0. The molecule has 6 nitrogen and oxygen atoms in total. The Morgan fingerprint density at radius 1 is 1.24 bits per heavy atom. The van der Waals surface area contributed by atoms with Crippen molar-refractivity contribution in [3.8, 4) is 5.75 Å². The van der Waals surface area contributed by atoms with Crippen molar-refractivity contribution in [3.63, 3.8) is 0 Å². The first-order valence-electron chi connectivity index (χ1n) is 7.59. The molecule has 1 N–H and O–H groups in total. The third-order valence-electron chi connectivity index (χ3n) is 4.18. The van der Waals surface area contributed by atoms with Gasteiger partial charge in [0.15, 0.2) is 0 Å². The Kier molecular flexibility index (Phi) is 4.49. The van der Waals surface area contributed by atoms with Gasteiger partial charge in [-0.15, -0.1) is 0 Å². The molecule has 25 heavy (non-hydrogen) atoms. The fourth-order valence-electron chi connectivity index (χ4n) is 2.82. The van der Waals surface area contributed by atoms with E-state index in [0.29, 0.717) is 24.4 Å². The summed E-state index contributed by atoms with van der Waals surface area (Å²) < 4.78 is 45.1. The van der Waals surface area contributed by atoms with Gasteiger partial charge in [0.1, 0.15) is 11.6 Å². The second-order valence-corrected chi connectivity index (χ2v) is 7.44. The standard InChI is InChI=1S/C17H17FN2O4S/c1-19-25(22,23)13-4-6-16-11(9-13)7-8-20(16)17(21)14-5-3-12(24-2)10-15(14)18/h3-6,9-10,19H,7-8H2,1-2H3. The Balaban J connectivity index is 1.94. The molecular formula is C17H17FN2O4S. The van der Waals surface area contributed by atoms with E-state index in [-0.39, 0.29) is 10.5 Å². The molecule has 0 aromatic heterocycles. The normalized spacial score (nSPS) is 13.6. The summed E-state index contributed by atoms with van der Waals surface area (Å²) in [6.07, 6.45) is 0.506. The quantitative estimate of drug-likeness (QED) is 0.900. The lowest BCUT2D eigenvalue weighted by molar-refractivity contribution is 0.0985. The van der Waals surface area contributed by atoms with E-state index in [1.807, 2.05) is 0 Å². The minimum absolute atomic E-state index is 0.0550. The van der Waals surface area contributed by atoms with Crippen LogP contribution in [0.5, 0.6) is 5.75 Å². The molecule has 0 radical (unpaired) electrons. The van der Waals surface area contributed by atoms with Crippen LogP contribution in [0, 0.1) is 5.82 Å². The van der Waals surface area contributed by atoms with Crippen LogP contribution in [-0.4, -0.2) is 35.0 Å². The van der Waals surface area contributed by atoms with Gasteiger partial charge in [0, 0.05) is 18.3 Å². The molecule has 0 spiro atoms. The fraction of sp³-hybridized carbons (Fsp3) is 0.235. The Morgan fingerprint density at radius 2 is 2.00 bits per heavy atom. The first-order chi connectivity index (χ1) is 11.9. The Bertz CT molecular complexity index is 944. The number of rotatable bonds is 4. The molecule has 0 atom stereocenters. The van der Waals surface area contributed by atoms with Gasteiger partial charge in [0.2, 0.25) is 10.0 Å². The third kappa shape index (κ3) is 3.10. The highest BCUT2D eigenvalue weighted by Gasteiger charge is 2.28. The number of methoxy groups -OCH3 is 1. The van der Waals surface area contributed by atoms with Gasteiger partial charge in [-0.1, -0.05) is 0 Å². The molecule has 0 unspecified atom stereocenters. The molecule has 132 valence electrons. The Hall–Kier alpha value is -2.45. The molecule has 2 aromatic rings. The van der Waals surface area contributed by atoms with E-state index in [1.165, 1.54) is 37.3 Å². The van der Waals surface area contributed by atoms with Gasteiger partial charge < -0.3 is 9.64 Å². The van der Waals surface area contributed by atoms with Crippen LogP contribution in [0.15, 0.2) is 41.3 Å². The number of anilines is 1. The van der Waals surface area contributed by atoms with Crippen LogP contribution in [0.25, 0.3) is 0 Å². The van der Waals surface area contributed by atoms with Crippen molar-refractivity contribution < 1.29 is 22.3 Å². The lowest BCUT2D eigenvalue weighted by atomic mass is 10.1. The van der Waals surface area contributed by atoms with Crippen LogP contribution in [-0.2, 0) is 16.4 Å². The average Bonchev–Trinajstić information content (AvgIpc) is 3.04. The van der Waals surface area contributed by atoms with Crippen molar-refractivity contribution in [2.24, 2.45) is 0 Å². The molecule has 3 rings (SSSR count). The summed E-state index contributed by atoms with van der Waals surface area (Å²) in [6.45, 7) is 0.364.